The molecular weight excluding hydrogens is 274 g/mol. The van der Waals surface area contributed by atoms with Gasteiger partial charge in [-0.25, -0.2) is 0 Å². The number of nitrogens with zero attached hydrogens (tertiary/aromatic N) is 2. The fourth-order valence-electron chi connectivity index (χ4n) is 3.27. The summed E-state index contributed by atoms with van der Waals surface area (Å²) >= 11 is 0. The van der Waals surface area contributed by atoms with Crippen LogP contribution in [0.5, 0.6) is 0 Å². The van der Waals surface area contributed by atoms with Crippen molar-refractivity contribution < 1.29 is 8.42 Å². The first kappa shape index (κ1) is 16.2. The molecule has 0 spiro atoms. The predicted octanol–water partition coefficient (Wildman–Crippen LogP) is 1.43. The molecule has 0 bridgehead atoms. The number of rotatable bonds is 4. The molecular formula is C14H29N3O2S. The number of hydrogen-bond acceptors (Lipinski definition) is 3. The molecule has 0 aromatic heterocycles. The fourth-order valence-corrected chi connectivity index (χ4v) is 5.23. The summed E-state index contributed by atoms with van der Waals surface area (Å²) in [7, 11) is -1.38. The smallest absolute Gasteiger partial charge is 0.282 e. The number of likely N-dealkylation sites (N-methyl/N-ethyl adjacent to an activating group) is 1. The molecule has 0 amide bonds. The van der Waals surface area contributed by atoms with Crippen LogP contribution < -0.4 is 5.32 Å². The Labute approximate surface area is 123 Å². The minimum atomic E-state index is -3.29. The second-order valence-corrected chi connectivity index (χ2v) is 8.22. The summed E-state index contributed by atoms with van der Waals surface area (Å²) in [6.45, 7) is 6.32. The molecule has 2 fully saturated rings. The molecule has 5 nitrogen and oxygen atoms in total. The largest absolute Gasteiger partial charge is 0.316 e. The second-order valence-electron chi connectivity index (χ2n) is 6.34. The van der Waals surface area contributed by atoms with Crippen molar-refractivity contribution in [2.75, 3.05) is 26.7 Å². The van der Waals surface area contributed by atoms with E-state index >= 15 is 0 Å². The second kappa shape index (κ2) is 6.73. The molecule has 0 radical (unpaired) electrons. The summed E-state index contributed by atoms with van der Waals surface area (Å²) in [5.41, 5.74) is 0. The van der Waals surface area contributed by atoms with Gasteiger partial charge in [0, 0.05) is 31.7 Å². The summed E-state index contributed by atoms with van der Waals surface area (Å²) in [6.07, 6.45) is 5.04. The lowest BCUT2D eigenvalue weighted by Crippen LogP contribution is -2.57. The van der Waals surface area contributed by atoms with E-state index in [4.69, 9.17) is 0 Å². The van der Waals surface area contributed by atoms with Gasteiger partial charge in [-0.15, -0.1) is 0 Å². The van der Waals surface area contributed by atoms with Gasteiger partial charge in [0.15, 0.2) is 0 Å². The third-order valence-corrected chi connectivity index (χ3v) is 6.96. The Morgan fingerprint density at radius 2 is 1.75 bits per heavy atom. The van der Waals surface area contributed by atoms with Crippen molar-refractivity contribution >= 4 is 10.2 Å². The highest BCUT2D eigenvalue weighted by molar-refractivity contribution is 7.86. The van der Waals surface area contributed by atoms with Gasteiger partial charge < -0.3 is 5.32 Å². The van der Waals surface area contributed by atoms with Crippen LogP contribution in [0.2, 0.25) is 0 Å². The number of nitrogens with one attached hydrogen (secondary N) is 1. The van der Waals surface area contributed by atoms with Crippen LogP contribution in [0.3, 0.4) is 0 Å². The van der Waals surface area contributed by atoms with Crippen LogP contribution in [-0.2, 0) is 10.2 Å². The summed E-state index contributed by atoms with van der Waals surface area (Å²) in [6, 6.07) is 0.298. The molecule has 0 aliphatic carbocycles. The molecule has 20 heavy (non-hydrogen) atoms. The van der Waals surface area contributed by atoms with Crippen molar-refractivity contribution in [1.82, 2.24) is 13.9 Å². The van der Waals surface area contributed by atoms with Crippen LogP contribution in [0, 0.1) is 5.92 Å². The van der Waals surface area contributed by atoms with Gasteiger partial charge in [0.1, 0.15) is 0 Å². The monoisotopic (exact) mass is 303 g/mol. The highest BCUT2D eigenvalue weighted by Crippen LogP contribution is 2.27. The lowest BCUT2D eigenvalue weighted by Gasteiger charge is -2.41. The van der Waals surface area contributed by atoms with E-state index in [-0.39, 0.29) is 12.1 Å². The SMILES string of the molecule is CNC(C)C1CCCCN1S(=O)(=O)N1CCC(C)CC1. The normalized spacial score (nSPS) is 29.4. The lowest BCUT2D eigenvalue weighted by atomic mass is 9.99. The molecule has 2 heterocycles. The zero-order chi connectivity index (χ0) is 14.8. The zero-order valence-electron chi connectivity index (χ0n) is 13.0. The molecule has 2 rings (SSSR count). The van der Waals surface area contributed by atoms with Crippen LogP contribution in [-0.4, -0.2) is 55.8 Å². The van der Waals surface area contributed by atoms with Gasteiger partial charge in [0.2, 0.25) is 0 Å². The van der Waals surface area contributed by atoms with Crippen molar-refractivity contribution in [2.24, 2.45) is 5.92 Å². The average Bonchev–Trinajstić information content (AvgIpc) is 2.47. The van der Waals surface area contributed by atoms with Crippen LogP contribution in [0.15, 0.2) is 0 Å². The molecule has 0 aromatic rings. The molecule has 2 unspecified atom stereocenters. The van der Waals surface area contributed by atoms with Crippen LogP contribution in [0.4, 0.5) is 0 Å². The van der Waals surface area contributed by atoms with Crippen molar-refractivity contribution in [2.45, 2.75) is 58.0 Å². The first-order valence-electron chi connectivity index (χ1n) is 7.91. The predicted molar refractivity (Wildman–Crippen MR) is 81.8 cm³/mol. The van der Waals surface area contributed by atoms with E-state index in [0.29, 0.717) is 25.6 Å². The van der Waals surface area contributed by atoms with Crippen LogP contribution in [0.25, 0.3) is 0 Å². The lowest BCUT2D eigenvalue weighted by molar-refractivity contribution is 0.188. The third-order valence-electron chi connectivity index (χ3n) is 4.90. The van der Waals surface area contributed by atoms with Crippen molar-refractivity contribution in [3.63, 3.8) is 0 Å². The van der Waals surface area contributed by atoms with E-state index in [0.717, 1.165) is 32.1 Å². The maximum absolute atomic E-state index is 12.9. The Morgan fingerprint density at radius 3 is 2.35 bits per heavy atom. The highest BCUT2D eigenvalue weighted by Gasteiger charge is 2.39. The first-order chi connectivity index (χ1) is 9.46. The number of piperidine rings is 2. The zero-order valence-corrected chi connectivity index (χ0v) is 13.8. The Hall–Kier alpha value is -0.170. The Kier molecular flexibility index (Phi) is 5.45. The van der Waals surface area contributed by atoms with E-state index < -0.39 is 10.2 Å². The maximum atomic E-state index is 12.9. The molecule has 1 N–H and O–H groups in total. The van der Waals surface area contributed by atoms with Gasteiger partial charge in [0.05, 0.1) is 0 Å². The molecule has 6 heteroatoms. The quantitative estimate of drug-likeness (QED) is 0.855. The van der Waals surface area contributed by atoms with Gasteiger partial charge in [0.25, 0.3) is 10.2 Å². The summed E-state index contributed by atoms with van der Waals surface area (Å²) in [5, 5.41) is 3.22. The molecule has 118 valence electrons. The molecule has 0 aromatic carbocycles. The van der Waals surface area contributed by atoms with Gasteiger partial charge >= 0.3 is 0 Å². The van der Waals surface area contributed by atoms with E-state index in [1.54, 1.807) is 8.61 Å². The van der Waals surface area contributed by atoms with Gasteiger partial charge in [-0.2, -0.15) is 17.0 Å². The van der Waals surface area contributed by atoms with Crippen LogP contribution >= 0.6 is 0 Å². The van der Waals surface area contributed by atoms with E-state index in [9.17, 15) is 8.42 Å². The van der Waals surface area contributed by atoms with E-state index in [2.05, 4.69) is 19.2 Å². The molecule has 2 saturated heterocycles. The highest BCUT2D eigenvalue weighted by atomic mass is 32.2. The maximum Gasteiger partial charge on any atom is 0.282 e. The minimum Gasteiger partial charge on any atom is -0.316 e. The third kappa shape index (κ3) is 3.35. The summed E-state index contributed by atoms with van der Waals surface area (Å²) in [5.74, 6) is 0.648. The van der Waals surface area contributed by atoms with Crippen molar-refractivity contribution in [1.29, 1.82) is 0 Å². The summed E-state index contributed by atoms with van der Waals surface area (Å²) < 4.78 is 29.3. The Balaban J connectivity index is 2.13. The van der Waals surface area contributed by atoms with E-state index in [1.807, 2.05) is 7.05 Å². The van der Waals surface area contributed by atoms with E-state index in [1.165, 1.54) is 0 Å². The van der Waals surface area contributed by atoms with Gasteiger partial charge in [-0.3, -0.25) is 0 Å². The fraction of sp³-hybridized carbons (Fsp3) is 1.00. The van der Waals surface area contributed by atoms with Gasteiger partial charge in [-0.1, -0.05) is 13.3 Å². The Morgan fingerprint density at radius 1 is 1.10 bits per heavy atom. The molecule has 2 aliphatic heterocycles. The average molecular weight is 303 g/mol. The van der Waals surface area contributed by atoms with Crippen LogP contribution in [0.1, 0.15) is 46.0 Å². The van der Waals surface area contributed by atoms with Crippen molar-refractivity contribution in [3.8, 4) is 0 Å². The molecule has 2 atom stereocenters. The van der Waals surface area contributed by atoms with Crippen molar-refractivity contribution in [3.05, 3.63) is 0 Å². The topological polar surface area (TPSA) is 52.7 Å². The first-order valence-corrected chi connectivity index (χ1v) is 9.30. The summed E-state index contributed by atoms with van der Waals surface area (Å²) in [4.78, 5) is 0. The standard InChI is InChI=1S/C14H29N3O2S/c1-12-7-10-16(11-8-12)20(18,19)17-9-5-4-6-14(17)13(2)15-3/h12-15H,4-11H2,1-3H3. The Bertz CT molecular complexity index is 405. The minimum absolute atomic E-state index is 0.0955. The number of hydrogen-bond donors (Lipinski definition) is 1. The molecule has 2 aliphatic rings. The van der Waals surface area contributed by atoms with Gasteiger partial charge in [-0.05, 0) is 45.6 Å². The molecule has 0 saturated carbocycles.